The van der Waals surface area contributed by atoms with Crippen LogP contribution in [0.25, 0.3) is 0 Å². The Bertz CT molecular complexity index is 1260. The van der Waals surface area contributed by atoms with E-state index in [9.17, 15) is 18.0 Å². The van der Waals surface area contributed by atoms with Gasteiger partial charge < -0.3 is 5.32 Å². The Morgan fingerprint density at radius 1 is 1.00 bits per heavy atom. The molecule has 2 atom stereocenters. The number of urea groups is 1. The van der Waals surface area contributed by atoms with Crippen molar-refractivity contribution in [3.8, 4) is 0 Å². The molecule has 1 aliphatic heterocycles. The topological polar surface area (TPSA) is 44.7 Å². The first-order valence-corrected chi connectivity index (χ1v) is 11.8. The molecule has 2 amide bonds. The second-order valence-corrected chi connectivity index (χ2v) is 9.40. The minimum Gasteiger partial charge on any atom is -0.306 e. The van der Waals surface area contributed by atoms with Gasteiger partial charge in [-0.1, -0.05) is 62.4 Å². The van der Waals surface area contributed by atoms with Crippen LogP contribution in [0.5, 0.6) is 0 Å². The molecule has 0 saturated carbocycles. The average molecular weight is 478 g/mol. The highest BCUT2D eigenvalue weighted by Gasteiger charge is 2.44. The zero-order valence-corrected chi connectivity index (χ0v) is 19.5. The molecule has 1 N–H and O–H groups in total. The molecule has 5 rings (SSSR count). The second kappa shape index (κ2) is 8.87. The molecule has 0 saturated heterocycles. The number of aryl methyl sites for hydroxylation is 1. The Labute approximate surface area is 202 Å². The van der Waals surface area contributed by atoms with Gasteiger partial charge in [0.05, 0.1) is 17.3 Å². The van der Waals surface area contributed by atoms with Gasteiger partial charge in [-0.3, -0.25) is 0 Å². The van der Waals surface area contributed by atoms with E-state index in [1.165, 1.54) is 22.7 Å². The second-order valence-electron chi connectivity index (χ2n) is 9.40. The maximum atomic E-state index is 13.4. The van der Waals surface area contributed by atoms with E-state index in [1.807, 2.05) is 42.5 Å². The first kappa shape index (κ1) is 23.1. The van der Waals surface area contributed by atoms with E-state index < -0.39 is 23.8 Å². The number of hydrazone groups is 1. The number of fused-ring (bicyclic) bond motifs is 3. The fourth-order valence-corrected chi connectivity index (χ4v) is 4.97. The van der Waals surface area contributed by atoms with Crippen LogP contribution in [0, 0.1) is 5.92 Å². The van der Waals surface area contributed by atoms with Crippen molar-refractivity contribution >= 4 is 17.4 Å². The largest absolute Gasteiger partial charge is 0.416 e. The van der Waals surface area contributed by atoms with Crippen LogP contribution in [-0.4, -0.2) is 16.8 Å². The number of benzene rings is 3. The van der Waals surface area contributed by atoms with Crippen molar-refractivity contribution in [3.63, 3.8) is 0 Å². The molecule has 2 aliphatic rings. The summed E-state index contributed by atoms with van der Waals surface area (Å²) in [5, 5.41) is 9.06. The Morgan fingerprint density at radius 2 is 1.69 bits per heavy atom. The first-order chi connectivity index (χ1) is 16.7. The summed E-state index contributed by atoms with van der Waals surface area (Å²) in [5.41, 5.74) is 4.69. The molecule has 0 unspecified atom stereocenters. The molecule has 1 heterocycles. The fourth-order valence-electron chi connectivity index (χ4n) is 4.97. The molecule has 0 radical (unpaired) electrons. The fraction of sp³-hybridized carbons (Fsp3) is 0.286. The molecule has 180 valence electrons. The van der Waals surface area contributed by atoms with Gasteiger partial charge in [-0.2, -0.15) is 18.3 Å². The number of hydrogen-bond donors (Lipinski definition) is 1. The summed E-state index contributed by atoms with van der Waals surface area (Å²) in [7, 11) is 0. The number of nitrogens with zero attached hydrogens (tertiary/aromatic N) is 2. The summed E-state index contributed by atoms with van der Waals surface area (Å²) >= 11 is 0. The Hall–Kier alpha value is -3.61. The normalized spacial score (nSPS) is 19.3. The highest BCUT2D eigenvalue weighted by molar-refractivity contribution is 6.07. The van der Waals surface area contributed by atoms with Gasteiger partial charge in [-0.25, -0.2) is 9.80 Å². The molecule has 4 nitrogen and oxygen atoms in total. The molecule has 35 heavy (non-hydrogen) atoms. The number of nitrogens with one attached hydrogen (secondary N) is 1. The van der Waals surface area contributed by atoms with Gasteiger partial charge in [0.25, 0.3) is 0 Å². The molecular formula is C28H26F3N3O. The monoisotopic (exact) mass is 477 g/mol. The molecular weight excluding hydrogens is 451 g/mol. The number of amides is 2. The zero-order chi connectivity index (χ0) is 24.7. The number of alkyl halides is 3. The van der Waals surface area contributed by atoms with Gasteiger partial charge in [0.15, 0.2) is 0 Å². The number of halogens is 3. The van der Waals surface area contributed by atoms with Crippen molar-refractivity contribution in [1.82, 2.24) is 5.01 Å². The predicted octanol–water partition coefficient (Wildman–Crippen LogP) is 7.38. The zero-order valence-electron chi connectivity index (χ0n) is 19.5. The number of hydrogen-bond acceptors (Lipinski definition) is 2. The van der Waals surface area contributed by atoms with E-state index in [0.29, 0.717) is 17.2 Å². The predicted molar refractivity (Wildman–Crippen MR) is 130 cm³/mol. The minimum absolute atomic E-state index is 0.101. The van der Waals surface area contributed by atoms with Crippen molar-refractivity contribution < 1.29 is 18.0 Å². The number of carbonyl (C=O) groups is 1. The van der Waals surface area contributed by atoms with Crippen LogP contribution in [0.4, 0.5) is 23.7 Å². The van der Waals surface area contributed by atoms with Crippen LogP contribution in [-0.2, 0) is 12.6 Å². The third-order valence-electron chi connectivity index (χ3n) is 6.85. The molecule has 3 aromatic carbocycles. The van der Waals surface area contributed by atoms with E-state index in [-0.39, 0.29) is 5.92 Å². The summed E-state index contributed by atoms with van der Waals surface area (Å²) < 4.78 is 39.5. The maximum absolute atomic E-state index is 13.4. The lowest BCUT2D eigenvalue weighted by Crippen LogP contribution is -2.35. The summed E-state index contributed by atoms with van der Waals surface area (Å²) in [6.07, 6.45) is -2.84. The van der Waals surface area contributed by atoms with Crippen LogP contribution in [0.1, 0.15) is 60.0 Å². The third-order valence-corrected chi connectivity index (χ3v) is 6.85. The van der Waals surface area contributed by atoms with Gasteiger partial charge >= 0.3 is 12.2 Å². The average Bonchev–Trinajstić information content (AvgIpc) is 3.24. The summed E-state index contributed by atoms with van der Waals surface area (Å²) in [5.74, 6) is 0.271. The van der Waals surface area contributed by atoms with Crippen molar-refractivity contribution in [2.75, 3.05) is 5.32 Å². The summed E-state index contributed by atoms with van der Waals surface area (Å²) in [6, 6.07) is 19.8. The lowest BCUT2D eigenvalue weighted by molar-refractivity contribution is -0.137. The van der Waals surface area contributed by atoms with Gasteiger partial charge in [0, 0.05) is 17.2 Å². The quantitative estimate of drug-likeness (QED) is 0.420. The standard InChI is InChI=1S/C28H26F3N3O/c1-17(2)18-9-14-22(15-10-18)32-27(35)34-26(20-7-12-21(13-8-20)28(29,30)31)24-16-11-19-5-3-4-6-23(19)25(24)33-34/h3-10,12-15,17,24,26H,11,16H2,1-2H3,(H,32,35)/t24-,26-/m1/s1. The van der Waals surface area contributed by atoms with E-state index in [2.05, 4.69) is 25.2 Å². The molecule has 0 spiro atoms. The van der Waals surface area contributed by atoms with Gasteiger partial charge in [0.2, 0.25) is 0 Å². The molecule has 0 fully saturated rings. The highest BCUT2D eigenvalue weighted by atomic mass is 19.4. The lowest BCUT2D eigenvalue weighted by Gasteiger charge is -2.29. The molecule has 0 aromatic heterocycles. The highest BCUT2D eigenvalue weighted by Crippen LogP contribution is 2.44. The third kappa shape index (κ3) is 4.43. The molecule has 1 aliphatic carbocycles. The van der Waals surface area contributed by atoms with Crippen molar-refractivity contribution in [2.45, 2.75) is 44.8 Å². The van der Waals surface area contributed by atoms with E-state index in [4.69, 9.17) is 5.10 Å². The van der Waals surface area contributed by atoms with Crippen molar-refractivity contribution in [2.24, 2.45) is 11.0 Å². The van der Waals surface area contributed by atoms with Crippen LogP contribution < -0.4 is 5.32 Å². The SMILES string of the molecule is CC(C)c1ccc(NC(=O)N2N=C3c4ccccc4CC[C@H]3[C@H]2c2ccc(C(F)(F)F)cc2)cc1. The van der Waals surface area contributed by atoms with Crippen LogP contribution in [0.15, 0.2) is 77.9 Å². The minimum atomic E-state index is -4.42. The first-order valence-electron chi connectivity index (χ1n) is 11.8. The Morgan fingerprint density at radius 3 is 2.34 bits per heavy atom. The lowest BCUT2D eigenvalue weighted by atomic mass is 9.77. The van der Waals surface area contributed by atoms with E-state index in [1.54, 1.807) is 0 Å². The van der Waals surface area contributed by atoms with Crippen LogP contribution in [0.3, 0.4) is 0 Å². The van der Waals surface area contributed by atoms with Crippen molar-refractivity contribution in [1.29, 1.82) is 0 Å². The number of anilines is 1. The maximum Gasteiger partial charge on any atom is 0.416 e. The molecule has 3 aromatic rings. The Balaban J connectivity index is 1.49. The van der Waals surface area contributed by atoms with Gasteiger partial charge in [-0.15, -0.1) is 0 Å². The van der Waals surface area contributed by atoms with Gasteiger partial charge in [0.1, 0.15) is 0 Å². The van der Waals surface area contributed by atoms with Gasteiger partial charge in [-0.05, 0) is 59.7 Å². The van der Waals surface area contributed by atoms with E-state index >= 15 is 0 Å². The number of rotatable bonds is 3. The molecule has 0 bridgehead atoms. The van der Waals surface area contributed by atoms with Crippen LogP contribution in [0.2, 0.25) is 0 Å². The Kier molecular flexibility index (Phi) is 5.87. The molecule has 7 heteroatoms. The summed E-state index contributed by atoms with van der Waals surface area (Å²) in [6.45, 7) is 4.20. The smallest absolute Gasteiger partial charge is 0.306 e. The summed E-state index contributed by atoms with van der Waals surface area (Å²) in [4.78, 5) is 13.4. The van der Waals surface area contributed by atoms with E-state index in [0.717, 1.165) is 41.8 Å². The number of carbonyl (C=O) groups excluding carboxylic acids is 1. The van der Waals surface area contributed by atoms with Crippen molar-refractivity contribution in [3.05, 3.63) is 101 Å². The van der Waals surface area contributed by atoms with Crippen LogP contribution >= 0.6 is 0 Å².